The topological polar surface area (TPSA) is 145 Å². The van der Waals surface area contributed by atoms with Gasteiger partial charge in [-0.1, -0.05) is 0 Å². The molecule has 1 unspecified atom stereocenters. The molecule has 0 aliphatic heterocycles. The van der Waals surface area contributed by atoms with E-state index in [2.05, 4.69) is 15.4 Å². The Morgan fingerprint density at radius 1 is 1.24 bits per heavy atom. The predicted octanol–water partition coefficient (Wildman–Crippen LogP) is -2.72. The van der Waals surface area contributed by atoms with Gasteiger partial charge in [0.2, 0.25) is 10.0 Å². The molecule has 0 bridgehead atoms. The third-order valence-electron chi connectivity index (χ3n) is 1.52. The molecule has 0 heterocycles. The van der Waals surface area contributed by atoms with Gasteiger partial charge in [-0.25, -0.2) is 22.7 Å². The predicted molar refractivity (Wildman–Crippen MR) is 57.9 cm³/mol. The Morgan fingerprint density at radius 3 is 2.29 bits per heavy atom. The minimum absolute atomic E-state index is 0.0216. The highest BCUT2D eigenvalue weighted by molar-refractivity contribution is 7.88. The Hall–Kier alpha value is -1.39. The molecule has 0 aromatic carbocycles. The zero-order valence-electron chi connectivity index (χ0n) is 9.13. The zero-order valence-corrected chi connectivity index (χ0v) is 9.95. The Morgan fingerprint density at radius 2 is 1.82 bits per heavy atom. The monoisotopic (exact) mass is 269 g/mol. The van der Waals surface area contributed by atoms with Crippen molar-refractivity contribution >= 4 is 22.0 Å². The zero-order chi connectivity index (χ0) is 13.5. The molecule has 0 aromatic rings. The molecule has 0 spiro atoms. The summed E-state index contributed by atoms with van der Waals surface area (Å²) in [4.78, 5) is 21.2. The molecule has 0 rings (SSSR count). The molecule has 0 saturated heterocycles. The summed E-state index contributed by atoms with van der Waals surface area (Å²) >= 11 is 0. The maximum Gasteiger partial charge on any atom is 0.334 e. The number of urea groups is 1. The minimum atomic E-state index is -3.30. The van der Waals surface area contributed by atoms with Crippen molar-refractivity contribution in [2.24, 2.45) is 0 Å². The summed E-state index contributed by atoms with van der Waals surface area (Å²) in [6.45, 7) is -0.365. The number of aliphatic carboxylic acids is 1. The van der Waals surface area contributed by atoms with Crippen LogP contribution in [0.25, 0.3) is 0 Å². The van der Waals surface area contributed by atoms with Gasteiger partial charge in [0.1, 0.15) is 0 Å². The van der Waals surface area contributed by atoms with Crippen molar-refractivity contribution in [2.75, 3.05) is 25.9 Å². The molecule has 9 nitrogen and oxygen atoms in total. The van der Waals surface area contributed by atoms with Gasteiger partial charge in [0.15, 0.2) is 6.10 Å². The Balaban J connectivity index is 3.64. The van der Waals surface area contributed by atoms with E-state index in [-0.39, 0.29) is 13.1 Å². The van der Waals surface area contributed by atoms with Crippen LogP contribution in [0.4, 0.5) is 4.79 Å². The van der Waals surface area contributed by atoms with Gasteiger partial charge in [-0.15, -0.1) is 0 Å². The number of sulfonamides is 1. The largest absolute Gasteiger partial charge is 0.479 e. The van der Waals surface area contributed by atoms with Gasteiger partial charge in [-0.05, 0) is 0 Å². The summed E-state index contributed by atoms with van der Waals surface area (Å²) < 4.78 is 23.4. The normalized spacial score (nSPS) is 12.8. The van der Waals surface area contributed by atoms with Crippen LogP contribution in [0.15, 0.2) is 0 Å². The Bertz CT molecular complexity index is 368. The van der Waals surface area contributed by atoms with Crippen molar-refractivity contribution in [1.29, 1.82) is 0 Å². The molecule has 0 radical (unpaired) electrons. The summed E-state index contributed by atoms with van der Waals surface area (Å²) in [7, 11) is -3.30. The molecular weight excluding hydrogens is 254 g/mol. The number of carboxylic acid groups (broad SMARTS) is 1. The molecule has 0 aliphatic carbocycles. The highest BCUT2D eigenvalue weighted by Crippen LogP contribution is 1.79. The third-order valence-corrected chi connectivity index (χ3v) is 2.24. The number of hydrogen-bond acceptors (Lipinski definition) is 5. The number of carboxylic acids is 1. The SMILES string of the molecule is CS(=O)(=O)NCCNC(=O)NCC(O)C(=O)O. The second-order valence-electron chi connectivity index (χ2n) is 3.16. The van der Waals surface area contributed by atoms with Crippen LogP contribution in [0.1, 0.15) is 0 Å². The van der Waals surface area contributed by atoms with E-state index in [1.165, 1.54) is 0 Å². The lowest BCUT2D eigenvalue weighted by Crippen LogP contribution is -2.44. The fraction of sp³-hybridized carbons (Fsp3) is 0.714. The van der Waals surface area contributed by atoms with E-state index in [4.69, 9.17) is 10.2 Å². The molecule has 5 N–H and O–H groups in total. The number of carbonyl (C=O) groups is 2. The van der Waals surface area contributed by atoms with Crippen molar-refractivity contribution in [3.8, 4) is 0 Å². The smallest absolute Gasteiger partial charge is 0.334 e. The van der Waals surface area contributed by atoms with Crippen LogP contribution < -0.4 is 15.4 Å². The minimum Gasteiger partial charge on any atom is -0.479 e. The van der Waals surface area contributed by atoms with Gasteiger partial charge in [-0.2, -0.15) is 0 Å². The van der Waals surface area contributed by atoms with Crippen LogP contribution in [-0.2, 0) is 14.8 Å². The van der Waals surface area contributed by atoms with Crippen molar-refractivity contribution in [2.45, 2.75) is 6.10 Å². The third kappa shape index (κ3) is 9.53. The number of nitrogens with one attached hydrogen (secondary N) is 3. The number of rotatable bonds is 7. The van der Waals surface area contributed by atoms with Crippen LogP contribution in [0, 0.1) is 0 Å². The second kappa shape index (κ2) is 7.04. The van der Waals surface area contributed by atoms with E-state index in [9.17, 15) is 18.0 Å². The Kier molecular flexibility index (Phi) is 6.46. The molecule has 0 aliphatic rings. The molecule has 0 aromatic heterocycles. The van der Waals surface area contributed by atoms with Crippen LogP contribution in [0.3, 0.4) is 0 Å². The van der Waals surface area contributed by atoms with Gasteiger partial charge in [0.25, 0.3) is 0 Å². The molecule has 0 saturated carbocycles. The van der Waals surface area contributed by atoms with Crippen molar-refractivity contribution in [3.63, 3.8) is 0 Å². The van der Waals surface area contributed by atoms with E-state index in [1.807, 2.05) is 0 Å². The van der Waals surface area contributed by atoms with Crippen LogP contribution >= 0.6 is 0 Å². The average Bonchev–Trinajstić information content (AvgIpc) is 2.19. The van der Waals surface area contributed by atoms with Crippen molar-refractivity contribution < 1.29 is 28.2 Å². The summed E-state index contributed by atoms with van der Waals surface area (Å²) in [5, 5.41) is 21.5. The summed E-state index contributed by atoms with van der Waals surface area (Å²) in [6.07, 6.45) is -0.689. The maximum atomic E-state index is 11.0. The van der Waals surface area contributed by atoms with E-state index < -0.39 is 34.7 Å². The van der Waals surface area contributed by atoms with Gasteiger partial charge >= 0.3 is 12.0 Å². The number of carbonyl (C=O) groups excluding carboxylic acids is 1. The van der Waals surface area contributed by atoms with Gasteiger partial charge in [-0.3, -0.25) is 0 Å². The van der Waals surface area contributed by atoms with Crippen LogP contribution in [0.5, 0.6) is 0 Å². The van der Waals surface area contributed by atoms with Gasteiger partial charge in [0, 0.05) is 13.1 Å². The quantitative estimate of drug-likeness (QED) is 0.317. The first-order valence-electron chi connectivity index (χ1n) is 4.59. The molecule has 1 atom stereocenters. The van der Waals surface area contributed by atoms with E-state index in [0.29, 0.717) is 0 Å². The van der Waals surface area contributed by atoms with Crippen molar-refractivity contribution in [1.82, 2.24) is 15.4 Å². The summed E-state index contributed by atoms with van der Waals surface area (Å²) in [5.41, 5.74) is 0. The fourth-order valence-electron chi connectivity index (χ4n) is 0.752. The standard InChI is InChI=1S/C7H15N3O6S/c1-17(15,16)10-3-2-8-7(14)9-4-5(11)6(12)13/h5,10-11H,2-4H2,1H3,(H,12,13)(H2,8,9,14). The fourth-order valence-corrected chi connectivity index (χ4v) is 1.22. The lowest BCUT2D eigenvalue weighted by Gasteiger charge is -2.09. The van der Waals surface area contributed by atoms with Crippen LogP contribution in [-0.4, -0.2) is 62.6 Å². The first-order valence-corrected chi connectivity index (χ1v) is 6.48. The van der Waals surface area contributed by atoms with E-state index >= 15 is 0 Å². The number of amides is 2. The Labute approximate surface area is 98.3 Å². The first-order chi connectivity index (χ1) is 7.72. The maximum absolute atomic E-state index is 11.0. The first kappa shape index (κ1) is 15.6. The molecule has 100 valence electrons. The van der Waals surface area contributed by atoms with Crippen LogP contribution in [0.2, 0.25) is 0 Å². The second-order valence-corrected chi connectivity index (χ2v) is 4.99. The lowest BCUT2D eigenvalue weighted by atomic mass is 10.4. The van der Waals surface area contributed by atoms with Gasteiger partial charge in [0.05, 0.1) is 12.8 Å². The summed E-state index contributed by atoms with van der Waals surface area (Å²) in [6, 6.07) is -0.694. The average molecular weight is 269 g/mol. The number of hydrogen-bond donors (Lipinski definition) is 5. The van der Waals surface area contributed by atoms with E-state index in [1.54, 1.807) is 0 Å². The molecule has 0 fully saturated rings. The molecule has 2 amide bonds. The summed E-state index contributed by atoms with van der Waals surface area (Å²) in [5.74, 6) is -1.44. The number of aliphatic hydroxyl groups is 1. The molecule has 17 heavy (non-hydrogen) atoms. The lowest BCUT2D eigenvalue weighted by molar-refractivity contribution is -0.146. The highest BCUT2D eigenvalue weighted by atomic mass is 32.2. The number of aliphatic hydroxyl groups excluding tert-OH is 1. The molecular formula is C7H15N3O6S. The van der Waals surface area contributed by atoms with Crippen molar-refractivity contribution in [3.05, 3.63) is 0 Å². The van der Waals surface area contributed by atoms with E-state index in [0.717, 1.165) is 6.26 Å². The highest BCUT2D eigenvalue weighted by Gasteiger charge is 2.13. The van der Waals surface area contributed by atoms with Gasteiger partial charge < -0.3 is 20.8 Å². The molecule has 10 heteroatoms.